The van der Waals surface area contributed by atoms with Gasteiger partial charge in [-0.15, -0.1) is 0 Å². The van der Waals surface area contributed by atoms with E-state index in [1.165, 1.54) is 24.8 Å². The van der Waals surface area contributed by atoms with Crippen molar-refractivity contribution in [3.8, 4) is 23.0 Å². The summed E-state index contributed by atoms with van der Waals surface area (Å²) < 4.78 is 27.9. The van der Waals surface area contributed by atoms with Crippen molar-refractivity contribution in [2.75, 3.05) is 46.9 Å². The Morgan fingerprint density at radius 3 is 2.10 bits per heavy atom. The minimum atomic E-state index is -0.509. The molecule has 3 aromatic rings. The highest BCUT2D eigenvalue weighted by Crippen LogP contribution is 2.40. The van der Waals surface area contributed by atoms with Gasteiger partial charge in [0.05, 0.1) is 0 Å². The standard InChI is InChI=1S/C33H39NO6/c1-3-30(26-11-16-31-32(19-26)40-23-39-31)33(25-9-14-29(15-10-25)38-22-36-2)24-7-12-28(13-8-24)37-21-27(35)20-34-17-5-4-6-18-34/h7-16,19,27,35H,3-6,17-18,20-23H2,1-2H3. The van der Waals surface area contributed by atoms with Gasteiger partial charge < -0.3 is 33.7 Å². The number of nitrogens with zero attached hydrogens (tertiary/aromatic N) is 1. The van der Waals surface area contributed by atoms with Crippen LogP contribution >= 0.6 is 0 Å². The van der Waals surface area contributed by atoms with E-state index in [4.69, 9.17) is 23.7 Å². The molecular formula is C33H39NO6. The van der Waals surface area contributed by atoms with Crippen LogP contribution in [-0.2, 0) is 4.74 Å². The van der Waals surface area contributed by atoms with E-state index >= 15 is 0 Å². The molecule has 1 unspecified atom stereocenters. The van der Waals surface area contributed by atoms with Gasteiger partial charge in [-0.3, -0.25) is 0 Å². The van der Waals surface area contributed by atoms with Crippen molar-refractivity contribution in [3.05, 3.63) is 83.4 Å². The van der Waals surface area contributed by atoms with Crippen LogP contribution in [0.15, 0.2) is 66.7 Å². The van der Waals surface area contributed by atoms with Crippen LogP contribution in [-0.4, -0.2) is 63.0 Å². The second-order valence-corrected chi connectivity index (χ2v) is 10.2. The van der Waals surface area contributed by atoms with Crippen LogP contribution in [0.2, 0.25) is 0 Å². The minimum Gasteiger partial charge on any atom is -0.491 e. The fourth-order valence-corrected chi connectivity index (χ4v) is 5.37. The van der Waals surface area contributed by atoms with Crippen LogP contribution in [0, 0.1) is 0 Å². The topological polar surface area (TPSA) is 69.6 Å². The van der Waals surface area contributed by atoms with Crippen LogP contribution < -0.4 is 18.9 Å². The minimum absolute atomic E-state index is 0.202. The summed E-state index contributed by atoms with van der Waals surface area (Å²) >= 11 is 0. The largest absolute Gasteiger partial charge is 0.491 e. The Labute approximate surface area is 236 Å². The molecule has 0 radical (unpaired) electrons. The third kappa shape index (κ3) is 6.97. The molecule has 1 N–H and O–H groups in total. The number of likely N-dealkylation sites (tertiary alicyclic amines) is 1. The van der Waals surface area contributed by atoms with Crippen LogP contribution in [0.3, 0.4) is 0 Å². The maximum atomic E-state index is 10.5. The molecule has 3 aromatic carbocycles. The average molecular weight is 546 g/mol. The van der Waals surface area contributed by atoms with Crippen LogP contribution in [0.25, 0.3) is 11.1 Å². The Bertz CT molecular complexity index is 1270. The van der Waals surface area contributed by atoms with E-state index in [2.05, 4.69) is 48.2 Å². The van der Waals surface area contributed by atoms with Gasteiger partial charge in [-0.1, -0.05) is 43.7 Å². The van der Waals surface area contributed by atoms with Crippen LogP contribution in [0.4, 0.5) is 0 Å². The number of rotatable bonds is 12. The lowest BCUT2D eigenvalue weighted by Crippen LogP contribution is -2.38. The number of allylic oxidation sites excluding steroid dienone is 1. The van der Waals surface area contributed by atoms with Crippen molar-refractivity contribution in [3.63, 3.8) is 0 Å². The van der Waals surface area contributed by atoms with E-state index < -0.39 is 6.10 Å². The summed E-state index contributed by atoms with van der Waals surface area (Å²) in [6.45, 7) is 5.66. The number of methoxy groups -OCH3 is 1. The lowest BCUT2D eigenvalue weighted by molar-refractivity contribution is 0.0511. The van der Waals surface area contributed by atoms with Gasteiger partial charge in [0.15, 0.2) is 18.3 Å². The second kappa shape index (κ2) is 13.7. The molecule has 0 saturated carbocycles. The Morgan fingerprint density at radius 2 is 1.45 bits per heavy atom. The summed E-state index contributed by atoms with van der Waals surface area (Å²) in [5.41, 5.74) is 5.54. The van der Waals surface area contributed by atoms with Crippen molar-refractivity contribution >= 4 is 11.1 Å². The molecule has 2 heterocycles. The summed E-state index contributed by atoms with van der Waals surface area (Å²) in [5.74, 6) is 3.02. The first kappa shape index (κ1) is 28.0. The molecule has 1 atom stereocenters. The Hall–Kier alpha value is -3.52. The first-order valence-electron chi connectivity index (χ1n) is 14.1. The van der Waals surface area contributed by atoms with E-state index in [0.717, 1.165) is 64.8 Å². The number of aliphatic hydroxyl groups is 1. The van der Waals surface area contributed by atoms with E-state index in [1.807, 2.05) is 30.3 Å². The zero-order valence-corrected chi connectivity index (χ0v) is 23.4. The predicted molar refractivity (Wildman–Crippen MR) is 156 cm³/mol. The molecule has 0 spiro atoms. The molecule has 0 aromatic heterocycles. The lowest BCUT2D eigenvalue weighted by Gasteiger charge is -2.28. The van der Waals surface area contributed by atoms with Crippen molar-refractivity contribution in [1.29, 1.82) is 0 Å². The summed E-state index contributed by atoms with van der Waals surface area (Å²) in [5, 5.41) is 10.5. The molecule has 2 aliphatic heterocycles. The van der Waals surface area contributed by atoms with Gasteiger partial charge in [0.1, 0.15) is 24.2 Å². The lowest BCUT2D eigenvalue weighted by atomic mass is 9.88. The van der Waals surface area contributed by atoms with Crippen molar-refractivity contribution in [2.24, 2.45) is 0 Å². The summed E-state index contributed by atoms with van der Waals surface area (Å²) in [4.78, 5) is 2.33. The molecule has 0 amide bonds. The number of piperidine rings is 1. The number of β-amino-alcohol motifs (C(OH)–C–C–N with tert-alkyl or cyclic N) is 1. The van der Waals surface area contributed by atoms with Gasteiger partial charge in [-0.05, 0) is 96.6 Å². The van der Waals surface area contributed by atoms with E-state index in [-0.39, 0.29) is 20.2 Å². The summed E-state index contributed by atoms with van der Waals surface area (Å²) in [6, 6.07) is 22.3. The first-order valence-corrected chi connectivity index (χ1v) is 14.1. The molecule has 0 aliphatic carbocycles. The fourth-order valence-electron chi connectivity index (χ4n) is 5.37. The Morgan fingerprint density at radius 1 is 0.825 bits per heavy atom. The quantitative estimate of drug-likeness (QED) is 0.221. The number of benzene rings is 3. The first-order chi connectivity index (χ1) is 19.6. The van der Waals surface area contributed by atoms with Gasteiger partial charge >= 0.3 is 0 Å². The molecular weight excluding hydrogens is 506 g/mol. The maximum absolute atomic E-state index is 10.5. The van der Waals surface area contributed by atoms with Gasteiger partial charge in [0.25, 0.3) is 0 Å². The number of hydrogen-bond donors (Lipinski definition) is 1. The van der Waals surface area contributed by atoms with E-state index in [1.54, 1.807) is 7.11 Å². The zero-order valence-electron chi connectivity index (χ0n) is 23.4. The smallest absolute Gasteiger partial charge is 0.231 e. The second-order valence-electron chi connectivity index (χ2n) is 10.2. The highest BCUT2D eigenvalue weighted by Gasteiger charge is 2.19. The normalized spacial score (nSPS) is 16.4. The fraction of sp³-hybridized carbons (Fsp3) is 0.394. The predicted octanol–water partition coefficient (Wildman–Crippen LogP) is 5.99. The van der Waals surface area contributed by atoms with Crippen molar-refractivity contribution in [2.45, 2.75) is 38.7 Å². The van der Waals surface area contributed by atoms with Gasteiger partial charge in [0, 0.05) is 13.7 Å². The number of aliphatic hydroxyl groups excluding tert-OH is 1. The molecule has 40 heavy (non-hydrogen) atoms. The van der Waals surface area contributed by atoms with Crippen molar-refractivity contribution < 1.29 is 28.8 Å². The van der Waals surface area contributed by atoms with E-state index in [9.17, 15) is 5.11 Å². The maximum Gasteiger partial charge on any atom is 0.231 e. The number of hydrogen-bond acceptors (Lipinski definition) is 7. The molecule has 5 rings (SSSR count). The third-order valence-electron chi connectivity index (χ3n) is 7.37. The van der Waals surface area contributed by atoms with Crippen molar-refractivity contribution in [1.82, 2.24) is 4.90 Å². The van der Waals surface area contributed by atoms with Gasteiger partial charge in [-0.25, -0.2) is 0 Å². The highest BCUT2D eigenvalue weighted by atomic mass is 16.7. The summed E-state index contributed by atoms with van der Waals surface area (Å²) in [7, 11) is 1.61. The zero-order chi connectivity index (χ0) is 27.7. The number of ether oxygens (including phenoxy) is 5. The van der Waals surface area contributed by atoms with Crippen LogP contribution in [0.1, 0.15) is 49.3 Å². The molecule has 7 heteroatoms. The molecule has 1 saturated heterocycles. The molecule has 1 fully saturated rings. The monoisotopic (exact) mass is 545 g/mol. The molecule has 212 valence electrons. The van der Waals surface area contributed by atoms with Gasteiger partial charge in [0.2, 0.25) is 6.79 Å². The molecule has 2 aliphatic rings. The molecule has 7 nitrogen and oxygen atoms in total. The van der Waals surface area contributed by atoms with Crippen LogP contribution in [0.5, 0.6) is 23.0 Å². The number of fused-ring (bicyclic) bond motifs is 1. The average Bonchev–Trinajstić information content (AvgIpc) is 3.47. The van der Waals surface area contributed by atoms with E-state index in [0.29, 0.717) is 6.54 Å². The van der Waals surface area contributed by atoms with Gasteiger partial charge in [-0.2, -0.15) is 0 Å². The highest BCUT2D eigenvalue weighted by molar-refractivity contribution is 5.99. The Balaban J connectivity index is 1.40. The Kier molecular flexibility index (Phi) is 9.60. The molecule has 0 bridgehead atoms. The SMILES string of the molecule is CCC(=C(c1ccc(OCOC)cc1)c1ccc(OCC(O)CN2CCCCC2)cc1)c1ccc2c(c1)OCO2. The summed E-state index contributed by atoms with van der Waals surface area (Å²) in [6.07, 6.45) is 4.01. The third-order valence-corrected chi connectivity index (χ3v) is 7.37.